The molecule has 6 heteroatoms. The van der Waals surface area contributed by atoms with E-state index in [-0.39, 0.29) is 0 Å². The van der Waals surface area contributed by atoms with Gasteiger partial charge in [0.1, 0.15) is 0 Å². The summed E-state index contributed by atoms with van der Waals surface area (Å²) in [7, 11) is 0. The molecule has 0 bridgehead atoms. The van der Waals surface area contributed by atoms with Crippen LogP contribution in [0.15, 0.2) is 35.5 Å². The summed E-state index contributed by atoms with van der Waals surface area (Å²) in [6.07, 6.45) is 0. The van der Waals surface area contributed by atoms with Gasteiger partial charge in [-0.05, 0) is 37.6 Å². The van der Waals surface area contributed by atoms with Crippen molar-refractivity contribution < 1.29 is 0 Å². The summed E-state index contributed by atoms with van der Waals surface area (Å²) in [4.78, 5) is 8.83. The third-order valence-electron chi connectivity index (χ3n) is 2.88. The van der Waals surface area contributed by atoms with Gasteiger partial charge < -0.3 is 0 Å². The molecule has 20 heavy (non-hydrogen) atoms. The second-order valence-corrected chi connectivity index (χ2v) is 5.94. The van der Waals surface area contributed by atoms with Crippen LogP contribution in [0.4, 0.5) is 0 Å². The Morgan fingerprint density at radius 3 is 2.65 bits per heavy atom. The van der Waals surface area contributed by atoms with E-state index in [4.69, 9.17) is 11.6 Å². The van der Waals surface area contributed by atoms with E-state index < -0.39 is 0 Å². The van der Waals surface area contributed by atoms with Crippen LogP contribution in [-0.2, 0) is 5.75 Å². The lowest BCUT2D eigenvalue weighted by Gasteiger charge is -1.98. The molecular formula is C14H13ClN4S. The molecule has 3 aromatic rings. The van der Waals surface area contributed by atoms with Gasteiger partial charge in [0.25, 0.3) is 5.78 Å². The van der Waals surface area contributed by atoms with Gasteiger partial charge >= 0.3 is 0 Å². The highest BCUT2D eigenvalue weighted by Gasteiger charge is 2.08. The minimum Gasteiger partial charge on any atom is -0.216 e. The molecule has 0 radical (unpaired) electrons. The van der Waals surface area contributed by atoms with Gasteiger partial charge in [-0.3, -0.25) is 0 Å². The highest BCUT2D eigenvalue weighted by Crippen LogP contribution is 2.21. The first-order chi connectivity index (χ1) is 9.61. The monoisotopic (exact) mass is 304 g/mol. The van der Waals surface area contributed by atoms with Gasteiger partial charge in [-0.1, -0.05) is 35.5 Å². The van der Waals surface area contributed by atoms with Gasteiger partial charge in [0.2, 0.25) is 5.16 Å². The minimum atomic E-state index is 0.654. The van der Waals surface area contributed by atoms with Crippen LogP contribution in [0.5, 0.6) is 0 Å². The number of fused-ring (bicyclic) bond motifs is 1. The lowest BCUT2D eigenvalue weighted by atomic mass is 10.2. The zero-order chi connectivity index (χ0) is 14.1. The number of aromatic nitrogens is 4. The molecule has 0 N–H and O–H groups in total. The highest BCUT2D eigenvalue weighted by molar-refractivity contribution is 7.98. The van der Waals surface area contributed by atoms with Gasteiger partial charge in [0.05, 0.1) is 0 Å². The summed E-state index contributed by atoms with van der Waals surface area (Å²) in [6, 6.07) is 9.81. The number of hydrogen-bond acceptors (Lipinski definition) is 4. The van der Waals surface area contributed by atoms with Crippen molar-refractivity contribution >= 4 is 29.1 Å². The number of benzene rings is 1. The molecule has 0 atom stereocenters. The zero-order valence-electron chi connectivity index (χ0n) is 11.2. The van der Waals surface area contributed by atoms with Crippen LogP contribution < -0.4 is 0 Å². The normalized spacial score (nSPS) is 11.2. The van der Waals surface area contributed by atoms with Crippen molar-refractivity contribution in [3.05, 3.63) is 52.3 Å². The van der Waals surface area contributed by atoms with Gasteiger partial charge in [-0.2, -0.15) is 4.98 Å². The molecule has 0 amide bonds. The molecule has 4 nitrogen and oxygen atoms in total. The second kappa shape index (κ2) is 5.42. The van der Waals surface area contributed by atoms with Crippen LogP contribution in [0.3, 0.4) is 0 Å². The number of rotatable bonds is 3. The van der Waals surface area contributed by atoms with Crippen LogP contribution in [0.25, 0.3) is 5.78 Å². The lowest BCUT2D eigenvalue weighted by Crippen LogP contribution is -1.97. The Bertz CT molecular complexity index is 752. The molecule has 3 rings (SSSR count). The first kappa shape index (κ1) is 13.4. The Morgan fingerprint density at radius 1 is 1.15 bits per heavy atom. The van der Waals surface area contributed by atoms with Gasteiger partial charge in [-0.25, -0.2) is 9.50 Å². The van der Waals surface area contributed by atoms with Gasteiger partial charge in [0, 0.05) is 22.2 Å². The van der Waals surface area contributed by atoms with Crippen LogP contribution in [-0.4, -0.2) is 19.6 Å². The first-order valence-corrected chi connectivity index (χ1v) is 7.56. The van der Waals surface area contributed by atoms with E-state index in [1.54, 1.807) is 16.3 Å². The van der Waals surface area contributed by atoms with E-state index in [0.29, 0.717) is 5.78 Å². The Kier molecular flexibility index (Phi) is 3.63. The van der Waals surface area contributed by atoms with Gasteiger partial charge in [-0.15, -0.1) is 5.10 Å². The average molecular weight is 305 g/mol. The highest BCUT2D eigenvalue weighted by atomic mass is 35.5. The maximum Gasteiger partial charge on any atom is 0.253 e. The third kappa shape index (κ3) is 2.78. The van der Waals surface area contributed by atoms with E-state index in [1.165, 1.54) is 5.56 Å². The van der Waals surface area contributed by atoms with Gasteiger partial charge in [0.15, 0.2) is 0 Å². The summed E-state index contributed by atoms with van der Waals surface area (Å²) in [5.41, 5.74) is 3.19. The Labute approximate surface area is 126 Å². The maximum absolute atomic E-state index is 5.87. The van der Waals surface area contributed by atoms with E-state index >= 15 is 0 Å². The molecule has 0 aliphatic heterocycles. The van der Waals surface area contributed by atoms with Crippen LogP contribution in [0.1, 0.15) is 17.0 Å². The number of nitrogens with zero attached hydrogens (tertiary/aromatic N) is 4. The van der Waals surface area contributed by atoms with E-state index in [1.807, 2.05) is 44.2 Å². The van der Waals surface area contributed by atoms with Crippen LogP contribution in [0, 0.1) is 13.8 Å². The quantitative estimate of drug-likeness (QED) is 0.692. The fraction of sp³-hybridized carbons (Fsp3) is 0.214. The third-order valence-corrected chi connectivity index (χ3v) is 4.04. The Balaban J connectivity index is 1.81. The predicted octanol–water partition coefficient (Wildman–Crippen LogP) is 3.69. The molecule has 2 heterocycles. The zero-order valence-corrected chi connectivity index (χ0v) is 12.7. The molecule has 0 saturated carbocycles. The van der Waals surface area contributed by atoms with Crippen molar-refractivity contribution in [2.75, 3.05) is 0 Å². The van der Waals surface area contributed by atoms with Crippen molar-refractivity contribution in [2.45, 2.75) is 24.8 Å². The fourth-order valence-corrected chi connectivity index (χ4v) is 2.84. The van der Waals surface area contributed by atoms with Crippen LogP contribution in [0.2, 0.25) is 5.02 Å². The van der Waals surface area contributed by atoms with E-state index in [0.717, 1.165) is 27.3 Å². The fourth-order valence-electron chi connectivity index (χ4n) is 1.94. The molecule has 102 valence electrons. The van der Waals surface area contributed by atoms with Crippen molar-refractivity contribution in [1.29, 1.82) is 0 Å². The van der Waals surface area contributed by atoms with Crippen LogP contribution >= 0.6 is 23.4 Å². The molecule has 0 aliphatic rings. The van der Waals surface area contributed by atoms with Crippen molar-refractivity contribution in [1.82, 2.24) is 19.6 Å². The Hall–Kier alpha value is -1.59. The molecule has 0 fully saturated rings. The topological polar surface area (TPSA) is 43.1 Å². The van der Waals surface area contributed by atoms with E-state index in [2.05, 4.69) is 15.1 Å². The molecule has 0 spiro atoms. The number of halogens is 1. The summed E-state index contributed by atoms with van der Waals surface area (Å²) in [6.45, 7) is 3.96. The molecule has 2 aromatic heterocycles. The van der Waals surface area contributed by atoms with E-state index in [9.17, 15) is 0 Å². The van der Waals surface area contributed by atoms with Crippen molar-refractivity contribution in [3.63, 3.8) is 0 Å². The smallest absolute Gasteiger partial charge is 0.216 e. The molecule has 0 unspecified atom stereocenters. The molecule has 1 aromatic carbocycles. The lowest BCUT2D eigenvalue weighted by molar-refractivity contribution is 0.843. The maximum atomic E-state index is 5.87. The largest absolute Gasteiger partial charge is 0.253 e. The minimum absolute atomic E-state index is 0.654. The number of hydrogen-bond donors (Lipinski definition) is 0. The SMILES string of the molecule is Cc1cc(C)n2nc(SCc3ccc(Cl)cc3)nc2n1. The number of aryl methyl sites for hydroxylation is 2. The predicted molar refractivity (Wildman–Crippen MR) is 81.3 cm³/mol. The van der Waals surface area contributed by atoms with Crippen molar-refractivity contribution in [3.8, 4) is 0 Å². The summed E-state index contributed by atoms with van der Waals surface area (Å²) in [5, 5.41) is 5.95. The number of thioether (sulfide) groups is 1. The molecule has 0 aliphatic carbocycles. The Morgan fingerprint density at radius 2 is 1.90 bits per heavy atom. The summed E-state index contributed by atoms with van der Waals surface area (Å²) >= 11 is 7.46. The summed E-state index contributed by atoms with van der Waals surface area (Å²) < 4.78 is 1.77. The molecular weight excluding hydrogens is 292 g/mol. The summed E-state index contributed by atoms with van der Waals surface area (Å²) in [5.74, 6) is 1.47. The first-order valence-electron chi connectivity index (χ1n) is 6.20. The average Bonchev–Trinajstić information content (AvgIpc) is 2.81. The second-order valence-electron chi connectivity index (χ2n) is 4.56. The molecule has 0 saturated heterocycles. The standard InChI is InChI=1S/C14H13ClN4S/c1-9-7-10(2)19-13(16-9)17-14(18-19)20-8-11-3-5-12(15)6-4-11/h3-7H,8H2,1-2H3. The van der Waals surface area contributed by atoms with Crippen molar-refractivity contribution in [2.24, 2.45) is 0 Å².